The number of nitrogens with zero attached hydrogens (tertiary/aromatic N) is 1. The van der Waals surface area contributed by atoms with E-state index in [0.29, 0.717) is 17.3 Å². The molecule has 0 saturated carbocycles. The smallest absolute Gasteiger partial charge is 0.416 e. The zero-order valence-electron chi connectivity index (χ0n) is 15.4. The fraction of sp³-hybridized carbons (Fsp3) is 0.0909. The Morgan fingerprint density at radius 2 is 1.73 bits per heavy atom. The number of hydrogen-bond acceptors (Lipinski definition) is 4. The van der Waals surface area contributed by atoms with E-state index in [-0.39, 0.29) is 5.76 Å². The molecule has 0 aliphatic heterocycles. The Kier molecular flexibility index (Phi) is 5.41. The van der Waals surface area contributed by atoms with Gasteiger partial charge in [0.1, 0.15) is 5.76 Å². The third-order valence-electron chi connectivity index (χ3n) is 4.32. The molecule has 2 aromatic heterocycles. The number of halogens is 3. The van der Waals surface area contributed by atoms with Crippen LogP contribution in [0.2, 0.25) is 0 Å². The molecule has 0 radical (unpaired) electrons. The van der Waals surface area contributed by atoms with Crippen LogP contribution in [0.4, 0.5) is 18.3 Å². The molecule has 0 bridgehead atoms. The lowest BCUT2D eigenvalue weighted by atomic mass is 10.1. The van der Waals surface area contributed by atoms with Crippen molar-refractivity contribution in [2.75, 3.05) is 5.32 Å². The van der Waals surface area contributed by atoms with Crippen LogP contribution in [0.3, 0.4) is 0 Å². The van der Waals surface area contributed by atoms with Gasteiger partial charge in [0.2, 0.25) is 0 Å². The molecule has 2 aromatic carbocycles. The van der Waals surface area contributed by atoms with Crippen LogP contribution in [0.25, 0.3) is 11.3 Å². The first-order valence-electron chi connectivity index (χ1n) is 8.96. The van der Waals surface area contributed by atoms with Crippen LogP contribution < -0.4 is 5.32 Å². The zero-order chi connectivity index (χ0) is 21.1. The van der Waals surface area contributed by atoms with E-state index in [4.69, 9.17) is 4.42 Å². The van der Waals surface area contributed by atoms with Crippen LogP contribution in [-0.2, 0) is 12.6 Å². The molecule has 0 spiro atoms. The van der Waals surface area contributed by atoms with Crippen molar-refractivity contribution >= 4 is 22.4 Å². The van der Waals surface area contributed by atoms with E-state index in [1.54, 1.807) is 18.3 Å². The van der Waals surface area contributed by atoms with Crippen LogP contribution >= 0.6 is 11.3 Å². The van der Waals surface area contributed by atoms with Gasteiger partial charge in [0.25, 0.3) is 5.91 Å². The number of rotatable bonds is 5. The Morgan fingerprint density at radius 1 is 1.00 bits per heavy atom. The number of alkyl halides is 3. The summed E-state index contributed by atoms with van der Waals surface area (Å²) in [7, 11) is 0. The second-order valence-corrected chi connectivity index (χ2v) is 7.60. The van der Waals surface area contributed by atoms with Crippen LogP contribution in [0.5, 0.6) is 0 Å². The van der Waals surface area contributed by atoms with E-state index < -0.39 is 17.6 Å². The molecule has 1 amide bonds. The summed E-state index contributed by atoms with van der Waals surface area (Å²) in [6, 6.07) is 17.7. The van der Waals surface area contributed by atoms with Gasteiger partial charge in [-0.2, -0.15) is 13.2 Å². The zero-order valence-corrected chi connectivity index (χ0v) is 16.3. The fourth-order valence-corrected chi connectivity index (χ4v) is 3.68. The molecule has 2 heterocycles. The van der Waals surface area contributed by atoms with Gasteiger partial charge in [-0.05, 0) is 29.8 Å². The normalized spacial score (nSPS) is 11.4. The lowest BCUT2D eigenvalue weighted by molar-refractivity contribution is -0.137. The quantitative estimate of drug-likeness (QED) is 0.408. The topological polar surface area (TPSA) is 55.1 Å². The highest BCUT2D eigenvalue weighted by molar-refractivity contribution is 7.15. The summed E-state index contributed by atoms with van der Waals surface area (Å²) in [4.78, 5) is 17.4. The van der Waals surface area contributed by atoms with E-state index in [9.17, 15) is 18.0 Å². The molecule has 0 fully saturated rings. The molecule has 4 nitrogen and oxygen atoms in total. The van der Waals surface area contributed by atoms with Crippen molar-refractivity contribution in [3.05, 3.63) is 94.7 Å². The molecular weight excluding hydrogens is 413 g/mol. The summed E-state index contributed by atoms with van der Waals surface area (Å²) < 4.78 is 43.6. The number of nitrogens with one attached hydrogen (secondary N) is 1. The van der Waals surface area contributed by atoms with E-state index in [1.165, 1.54) is 23.5 Å². The Labute approximate surface area is 174 Å². The summed E-state index contributed by atoms with van der Waals surface area (Å²) in [6.07, 6.45) is -2.34. The Hall–Kier alpha value is -3.39. The summed E-state index contributed by atoms with van der Waals surface area (Å²) in [6.45, 7) is 0. The number of benzene rings is 2. The van der Waals surface area contributed by atoms with Crippen molar-refractivity contribution < 1.29 is 22.4 Å². The number of aromatic nitrogens is 1. The molecule has 152 valence electrons. The predicted octanol–water partition coefficient (Wildman–Crippen LogP) is 6.27. The molecule has 30 heavy (non-hydrogen) atoms. The largest absolute Gasteiger partial charge is 0.451 e. The highest BCUT2D eigenvalue weighted by Crippen LogP contribution is 2.30. The molecule has 8 heteroatoms. The van der Waals surface area contributed by atoms with Gasteiger partial charge in [-0.15, -0.1) is 11.3 Å². The third kappa shape index (κ3) is 4.60. The minimum atomic E-state index is -4.35. The van der Waals surface area contributed by atoms with Crippen molar-refractivity contribution in [2.24, 2.45) is 0 Å². The minimum Gasteiger partial charge on any atom is -0.451 e. The number of anilines is 1. The lowest BCUT2D eigenvalue weighted by Gasteiger charge is -2.06. The van der Waals surface area contributed by atoms with Crippen LogP contribution in [0.15, 0.2) is 77.3 Å². The Morgan fingerprint density at radius 3 is 2.43 bits per heavy atom. The molecular formula is C22H15F3N2O2S. The van der Waals surface area contributed by atoms with Crippen molar-refractivity contribution in [1.29, 1.82) is 0 Å². The highest BCUT2D eigenvalue weighted by atomic mass is 32.1. The van der Waals surface area contributed by atoms with Crippen LogP contribution in [0, 0.1) is 0 Å². The first-order valence-corrected chi connectivity index (χ1v) is 9.77. The second-order valence-electron chi connectivity index (χ2n) is 6.49. The SMILES string of the molecule is O=C(Nc1ncc(Cc2ccc(C(F)(F)F)cc2)s1)c1ccc(-c2ccccc2)o1. The van der Waals surface area contributed by atoms with E-state index in [0.717, 1.165) is 28.1 Å². The summed E-state index contributed by atoms with van der Waals surface area (Å²) >= 11 is 1.26. The van der Waals surface area contributed by atoms with Gasteiger partial charge >= 0.3 is 6.18 Å². The molecule has 4 rings (SSSR count). The van der Waals surface area contributed by atoms with Gasteiger partial charge in [-0.3, -0.25) is 10.1 Å². The Bertz CT molecular complexity index is 1150. The van der Waals surface area contributed by atoms with Gasteiger partial charge in [-0.25, -0.2) is 4.98 Å². The van der Waals surface area contributed by atoms with E-state index in [1.807, 2.05) is 30.3 Å². The summed E-state index contributed by atoms with van der Waals surface area (Å²) in [5.41, 5.74) is 0.907. The van der Waals surface area contributed by atoms with Gasteiger partial charge < -0.3 is 4.42 Å². The highest BCUT2D eigenvalue weighted by Gasteiger charge is 2.29. The lowest BCUT2D eigenvalue weighted by Crippen LogP contribution is -2.10. The maximum Gasteiger partial charge on any atom is 0.416 e. The first-order chi connectivity index (χ1) is 14.4. The molecule has 0 aliphatic rings. The number of amides is 1. The molecule has 1 N–H and O–H groups in total. The van der Waals surface area contributed by atoms with E-state index in [2.05, 4.69) is 10.3 Å². The maximum absolute atomic E-state index is 12.7. The molecule has 0 aliphatic carbocycles. The van der Waals surface area contributed by atoms with Gasteiger partial charge in [0.05, 0.1) is 5.56 Å². The maximum atomic E-state index is 12.7. The van der Waals surface area contributed by atoms with Gasteiger partial charge in [-0.1, -0.05) is 42.5 Å². The summed E-state index contributed by atoms with van der Waals surface area (Å²) in [5.74, 6) is 0.323. The number of furan rings is 1. The van der Waals surface area contributed by atoms with Crippen molar-refractivity contribution in [3.8, 4) is 11.3 Å². The van der Waals surface area contributed by atoms with Gasteiger partial charge in [0, 0.05) is 23.1 Å². The summed E-state index contributed by atoms with van der Waals surface area (Å²) in [5, 5.41) is 3.07. The minimum absolute atomic E-state index is 0.161. The van der Waals surface area contributed by atoms with Gasteiger partial charge in [0.15, 0.2) is 10.9 Å². The third-order valence-corrected chi connectivity index (χ3v) is 5.23. The number of thiazole rings is 1. The van der Waals surface area contributed by atoms with Crippen LogP contribution in [-0.4, -0.2) is 10.9 Å². The fourth-order valence-electron chi connectivity index (χ4n) is 2.84. The first kappa shape index (κ1) is 19.9. The second kappa shape index (κ2) is 8.16. The van der Waals surface area contributed by atoms with Crippen molar-refractivity contribution in [2.45, 2.75) is 12.6 Å². The van der Waals surface area contributed by atoms with Crippen molar-refractivity contribution in [3.63, 3.8) is 0 Å². The predicted molar refractivity (Wildman–Crippen MR) is 108 cm³/mol. The van der Waals surface area contributed by atoms with Crippen LogP contribution in [0.1, 0.15) is 26.6 Å². The average molecular weight is 428 g/mol. The standard InChI is InChI=1S/C22H15F3N2O2S/c23-22(24,25)16-8-6-14(7-9-16)12-17-13-26-21(30-17)27-20(28)19-11-10-18(29-19)15-4-2-1-3-5-15/h1-11,13H,12H2,(H,26,27,28). The van der Waals surface area contributed by atoms with Crippen molar-refractivity contribution in [1.82, 2.24) is 4.98 Å². The molecule has 0 saturated heterocycles. The molecule has 0 atom stereocenters. The number of carbonyl (C=O) groups is 1. The Balaban J connectivity index is 1.40. The average Bonchev–Trinajstić information content (AvgIpc) is 3.38. The number of carbonyl (C=O) groups excluding carboxylic acids is 1. The monoisotopic (exact) mass is 428 g/mol. The molecule has 4 aromatic rings. The number of hydrogen-bond donors (Lipinski definition) is 1. The molecule has 0 unspecified atom stereocenters. The van der Waals surface area contributed by atoms with E-state index >= 15 is 0 Å².